The molecule has 0 bridgehead atoms. The molecule has 0 atom stereocenters. The van der Waals surface area contributed by atoms with Crippen LogP contribution in [0.1, 0.15) is 5.69 Å². The minimum atomic E-state index is -4.57. The molecule has 0 saturated heterocycles. The van der Waals surface area contributed by atoms with Gasteiger partial charge in [-0.05, 0) is 40.2 Å². The summed E-state index contributed by atoms with van der Waals surface area (Å²) in [6.07, 6.45) is -3.75. The van der Waals surface area contributed by atoms with E-state index in [2.05, 4.69) is 25.6 Å². The molecule has 0 spiro atoms. The second kappa shape index (κ2) is 5.64. The van der Waals surface area contributed by atoms with Gasteiger partial charge in [0.15, 0.2) is 0 Å². The van der Waals surface area contributed by atoms with Gasteiger partial charge >= 0.3 is 6.18 Å². The SMILES string of the molecule is O=S(=O)(Nc1ccc(C(F)(F)F)nc1)c1ccccc1Br. The number of nitrogens with one attached hydrogen (secondary N) is 1. The van der Waals surface area contributed by atoms with Crippen LogP contribution in [0.2, 0.25) is 0 Å². The second-order valence-electron chi connectivity index (χ2n) is 3.97. The highest BCUT2D eigenvalue weighted by molar-refractivity contribution is 9.10. The van der Waals surface area contributed by atoms with E-state index in [-0.39, 0.29) is 10.6 Å². The van der Waals surface area contributed by atoms with Crippen molar-refractivity contribution in [2.75, 3.05) is 4.72 Å². The van der Waals surface area contributed by atoms with Gasteiger partial charge in [0.1, 0.15) is 10.6 Å². The van der Waals surface area contributed by atoms with Crippen LogP contribution in [0.3, 0.4) is 0 Å². The molecule has 0 amide bonds. The van der Waals surface area contributed by atoms with Crippen molar-refractivity contribution in [1.82, 2.24) is 4.98 Å². The van der Waals surface area contributed by atoms with Crippen molar-refractivity contribution in [2.24, 2.45) is 0 Å². The summed E-state index contributed by atoms with van der Waals surface area (Å²) in [4.78, 5) is 3.16. The Labute approximate surface area is 127 Å². The molecular weight excluding hydrogens is 373 g/mol. The smallest absolute Gasteiger partial charge is 0.278 e. The van der Waals surface area contributed by atoms with E-state index in [0.717, 1.165) is 12.3 Å². The van der Waals surface area contributed by atoms with Crippen molar-refractivity contribution in [1.29, 1.82) is 0 Å². The Kier molecular flexibility index (Phi) is 4.24. The summed E-state index contributed by atoms with van der Waals surface area (Å²) in [5.41, 5.74) is -1.15. The Bertz CT molecular complexity index is 746. The molecule has 0 saturated carbocycles. The number of benzene rings is 1. The van der Waals surface area contributed by atoms with Gasteiger partial charge in [0.05, 0.1) is 11.9 Å². The van der Waals surface area contributed by atoms with Gasteiger partial charge in [-0.2, -0.15) is 13.2 Å². The highest BCUT2D eigenvalue weighted by Crippen LogP contribution is 2.28. The molecule has 0 aliphatic carbocycles. The lowest BCUT2D eigenvalue weighted by molar-refractivity contribution is -0.141. The van der Waals surface area contributed by atoms with Gasteiger partial charge in [0.2, 0.25) is 0 Å². The van der Waals surface area contributed by atoms with Crippen molar-refractivity contribution in [3.63, 3.8) is 0 Å². The number of halogens is 4. The summed E-state index contributed by atoms with van der Waals surface area (Å²) in [7, 11) is -3.91. The van der Waals surface area contributed by atoms with Gasteiger partial charge in [-0.25, -0.2) is 13.4 Å². The Morgan fingerprint density at radius 1 is 1.10 bits per heavy atom. The van der Waals surface area contributed by atoms with E-state index >= 15 is 0 Å². The van der Waals surface area contributed by atoms with Crippen LogP contribution < -0.4 is 4.72 Å². The first-order chi connectivity index (χ1) is 9.70. The molecule has 1 N–H and O–H groups in total. The monoisotopic (exact) mass is 380 g/mol. The topological polar surface area (TPSA) is 59.1 Å². The van der Waals surface area contributed by atoms with Crippen LogP contribution in [0, 0.1) is 0 Å². The highest BCUT2D eigenvalue weighted by Gasteiger charge is 2.32. The van der Waals surface area contributed by atoms with Gasteiger partial charge in [-0.3, -0.25) is 4.72 Å². The number of sulfonamides is 1. The third-order valence-electron chi connectivity index (χ3n) is 2.43. The van der Waals surface area contributed by atoms with Crippen LogP contribution in [-0.4, -0.2) is 13.4 Å². The maximum Gasteiger partial charge on any atom is 0.433 e. The molecule has 2 rings (SSSR count). The molecule has 4 nitrogen and oxygen atoms in total. The van der Waals surface area contributed by atoms with E-state index in [1.54, 1.807) is 12.1 Å². The van der Waals surface area contributed by atoms with Crippen molar-refractivity contribution in [3.05, 3.63) is 52.8 Å². The van der Waals surface area contributed by atoms with Crippen LogP contribution >= 0.6 is 15.9 Å². The quantitative estimate of drug-likeness (QED) is 0.883. The Morgan fingerprint density at radius 2 is 1.76 bits per heavy atom. The number of rotatable bonds is 3. The zero-order valence-corrected chi connectivity index (χ0v) is 12.6. The normalized spacial score (nSPS) is 12.2. The predicted molar refractivity (Wildman–Crippen MR) is 74.2 cm³/mol. The van der Waals surface area contributed by atoms with Crippen molar-refractivity contribution >= 4 is 31.6 Å². The molecule has 1 aromatic heterocycles. The van der Waals surface area contributed by atoms with Gasteiger partial charge < -0.3 is 0 Å². The molecule has 0 unspecified atom stereocenters. The minimum absolute atomic E-state index is 0.0232. The van der Waals surface area contributed by atoms with Crippen LogP contribution in [-0.2, 0) is 16.2 Å². The van der Waals surface area contributed by atoms with Gasteiger partial charge in [0.25, 0.3) is 10.0 Å². The average molecular weight is 381 g/mol. The number of nitrogens with zero attached hydrogens (tertiary/aromatic N) is 1. The first-order valence-electron chi connectivity index (χ1n) is 5.51. The summed E-state index contributed by atoms with van der Waals surface area (Å²) in [5, 5.41) is 0. The standard InChI is InChI=1S/C12H8BrF3N2O2S/c13-9-3-1-2-4-10(9)21(19,20)18-8-5-6-11(17-7-8)12(14,15)16/h1-7,18H. The zero-order chi connectivity index (χ0) is 15.7. The number of anilines is 1. The molecule has 0 aliphatic heterocycles. The number of hydrogen-bond acceptors (Lipinski definition) is 3. The van der Waals surface area contributed by atoms with Crippen molar-refractivity contribution in [2.45, 2.75) is 11.1 Å². The predicted octanol–water partition coefficient (Wildman–Crippen LogP) is 3.66. The van der Waals surface area contributed by atoms with E-state index in [1.165, 1.54) is 12.1 Å². The van der Waals surface area contributed by atoms with E-state index in [1.807, 2.05) is 0 Å². The minimum Gasteiger partial charge on any atom is -0.278 e. The van der Waals surface area contributed by atoms with Gasteiger partial charge in [-0.15, -0.1) is 0 Å². The second-order valence-corrected chi connectivity index (χ2v) is 6.47. The molecule has 0 aliphatic rings. The lowest BCUT2D eigenvalue weighted by atomic mass is 10.3. The fourth-order valence-electron chi connectivity index (χ4n) is 1.49. The summed E-state index contributed by atoms with van der Waals surface area (Å²) in [6.45, 7) is 0. The lowest BCUT2D eigenvalue weighted by Crippen LogP contribution is -2.14. The first-order valence-corrected chi connectivity index (χ1v) is 7.78. The van der Waals surface area contributed by atoms with Crippen LogP contribution in [0.15, 0.2) is 52.0 Å². The van der Waals surface area contributed by atoms with Crippen LogP contribution in [0.5, 0.6) is 0 Å². The third kappa shape index (κ3) is 3.73. The Hall–Kier alpha value is -1.61. The molecule has 0 radical (unpaired) electrons. The molecule has 9 heteroatoms. The number of aromatic nitrogens is 1. The van der Waals surface area contributed by atoms with Crippen molar-refractivity contribution < 1.29 is 21.6 Å². The van der Waals surface area contributed by atoms with E-state index in [4.69, 9.17) is 0 Å². The van der Waals surface area contributed by atoms with E-state index < -0.39 is 21.9 Å². The average Bonchev–Trinajstić information content (AvgIpc) is 2.38. The molecule has 0 fully saturated rings. The summed E-state index contributed by atoms with van der Waals surface area (Å²) >= 11 is 3.10. The zero-order valence-electron chi connectivity index (χ0n) is 10.2. The molecule has 1 heterocycles. The Morgan fingerprint density at radius 3 is 2.29 bits per heavy atom. The summed E-state index contributed by atoms with van der Waals surface area (Å²) < 4.78 is 63.8. The van der Waals surface area contributed by atoms with Crippen LogP contribution in [0.4, 0.5) is 18.9 Å². The third-order valence-corrected chi connectivity index (χ3v) is 4.83. The molecule has 1 aromatic carbocycles. The van der Waals surface area contributed by atoms with Gasteiger partial charge in [-0.1, -0.05) is 12.1 Å². The molecule has 2 aromatic rings. The lowest BCUT2D eigenvalue weighted by Gasteiger charge is -2.10. The maximum atomic E-state index is 12.4. The molecule has 112 valence electrons. The maximum absolute atomic E-state index is 12.4. The number of pyridine rings is 1. The van der Waals surface area contributed by atoms with E-state index in [9.17, 15) is 21.6 Å². The summed E-state index contributed by atoms with van der Waals surface area (Å²) in [5.74, 6) is 0. The van der Waals surface area contributed by atoms with Crippen LogP contribution in [0.25, 0.3) is 0 Å². The summed E-state index contributed by atoms with van der Waals surface area (Å²) in [6, 6.07) is 7.79. The first kappa shape index (κ1) is 15.8. The fourth-order valence-corrected chi connectivity index (χ4v) is 3.54. The largest absolute Gasteiger partial charge is 0.433 e. The highest BCUT2D eigenvalue weighted by atomic mass is 79.9. The Balaban J connectivity index is 2.28. The fraction of sp³-hybridized carbons (Fsp3) is 0.0833. The van der Waals surface area contributed by atoms with E-state index in [0.29, 0.717) is 10.5 Å². The molecule has 21 heavy (non-hydrogen) atoms. The number of alkyl halides is 3. The van der Waals surface area contributed by atoms with Gasteiger partial charge in [0, 0.05) is 4.47 Å². The number of hydrogen-bond donors (Lipinski definition) is 1. The molecular formula is C12H8BrF3N2O2S. The van der Waals surface area contributed by atoms with Crippen molar-refractivity contribution in [3.8, 4) is 0 Å².